The van der Waals surface area contributed by atoms with Gasteiger partial charge in [-0.05, 0) is 40.9 Å². The zero-order valence-electron chi connectivity index (χ0n) is 13.1. The number of fused-ring (bicyclic) bond motifs is 1. The molecule has 4 atom stereocenters. The lowest BCUT2D eigenvalue weighted by Gasteiger charge is -2.31. The van der Waals surface area contributed by atoms with Gasteiger partial charge in [0.05, 0.1) is 15.9 Å². The second-order valence-corrected chi connectivity index (χ2v) is 6.32. The standard InChI is InChI=1S/C15H24O2/c1-10-5-6-12-13(11(10)7-16)15(4,9-17)8-14(12,2)3/h6,10,16-17H,5,7-9H2,1-4H3/i7D,9D. The summed E-state index contributed by atoms with van der Waals surface area (Å²) in [6, 6.07) is 0. The van der Waals surface area contributed by atoms with E-state index in [9.17, 15) is 10.2 Å². The zero-order valence-corrected chi connectivity index (χ0v) is 11.1. The second-order valence-electron chi connectivity index (χ2n) is 6.32. The molecule has 0 aromatic rings. The Balaban J connectivity index is 2.69. The van der Waals surface area contributed by atoms with Gasteiger partial charge in [0.25, 0.3) is 0 Å². The van der Waals surface area contributed by atoms with Crippen LogP contribution < -0.4 is 0 Å². The van der Waals surface area contributed by atoms with Crippen molar-refractivity contribution in [1.29, 1.82) is 0 Å². The van der Waals surface area contributed by atoms with E-state index in [-0.39, 0.29) is 11.3 Å². The summed E-state index contributed by atoms with van der Waals surface area (Å²) in [5.41, 5.74) is 1.85. The highest BCUT2D eigenvalue weighted by Gasteiger charge is 2.49. The van der Waals surface area contributed by atoms with E-state index in [1.54, 1.807) is 0 Å². The van der Waals surface area contributed by atoms with Crippen LogP contribution in [0.3, 0.4) is 0 Å². The second kappa shape index (κ2) is 3.96. The maximum Gasteiger partial charge on any atom is 0.0650 e. The number of aliphatic hydroxyl groups is 2. The summed E-state index contributed by atoms with van der Waals surface area (Å²) in [4.78, 5) is 0. The van der Waals surface area contributed by atoms with E-state index in [1.165, 1.54) is 0 Å². The van der Waals surface area contributed by atoms with Gasteiger partial charge < -0.3 is 10.2 Å². The van der Waals surface area contributed by atoms with Crippen LogP contribution in [-0.2, 0) is 0 Å². The summed E-state index contributed by atoms with van der Waals surface area (Å²) in [5.74, 6) is 0.0956. The van der Waals surface area contributed by atoms with Crippen LogP contribution in [0.15, 0.2) is 22.8 Å². The highest BCUT2D eigenvalue weighted by Crippen LogP contribution is 2.59. The summed E-state index contributed by atoms with van der Waals surface area (Å²) in [6.07, 6.45) is 3.66. The Morgan fingerprint density at radius 1 is 1.41 bits per heavy atom. The highest BCUT2D eigenvalue weighted by molar-refractivity contribution is 5.51. The SMILES string of the molecule is [2H]C(O)C1=C2C(=CCC1C)C(C)(C)CC2(C)C([2H])O. The third kappa shape index (κ3) is 1.78. The molecule has 0 amide bonds. The number of hydrogen-bond donors (Lipinski definition) is 2. The minimum absolute atomic E-state index is 0.0956. The van der Waals surface area contributed by atoms with Gasteiger partial charge in [0, 0.05) is 5.41 Å². The smallest absolute Gasteiger partial charge is 0.0650 e. The average Bonchev–Trinajstić information content (AvgIpc) is 2.46. The van der Waals surface area contributed by atoms with Gasteiger partial charge in [-0.1, -0.05) is 33.8 Å². The molecule has 2 aliphatic rings. The first-order valence-corrected chi connectivity index (χ1v) is 6.27. The van der Waals surface area contributed by atoms with Crippen LogP contribution in [-0.4, -0.2) is 23.4 Å². The van der Waals surface area contributed by atoms with Gasteiger partial charge in [-0.2, -0.15) is 0 Å². The van der Waals surface area contributed by atoms with E-state index in [1.807, 2.05) is 13.8 Å². The van der Waals surface area contributed by atoms with Crippen molar-refractivity contribution in [3.63, 3.8) is 0 Å². The van der Waals surface area contributed by atoms with Gasteiger partial charge in [0.2, 0.25) is 0 Å². The van der Waals surface area contributed by atoms with Crippen molar-refractivity contribution in [2.24, 2.45) is 16.7 Å². The maximum atomic E-state index is 9.93. The molecule has 0 heterocycles. The molecule has 17 heavy (non-hydrogen) atoms. The molecule has 1 saturated carbocycles. The molecule has 0 aliphatic heterocycles. The molecule has 0 saturated heterocycles. The van der Waals surface area contributed by atoms with Crippen molar-refractivity contribution in [2.75, 3.05) is 13.2 Å². The van der Waals surface area contributed by atoms with Crippen molar-refractivity contribution in [3.05, 3.63) is 22.8 Å². The van der Waals surface area contributed by atoms with Crippen LogP contribution >= 0.6 is 0 Å². The Hall–Kier alpha value is -0.600. The first-order chi connectivity index (χ1) is 8.61. The Kier molecular flexibility index (Phi) is 2.41. The molecule has 0 aromatic heterocycles. The molecule has 0 bridgehead atoms. The summed E-state index contributed by atoms with van der Waals surface area (Å²) < 4.78 is 15.5. The zero-order chi connectivity index (χ0) is 14.6. The fourth-order valence-electron chi connectivity index (χ4n) is 3.58. The Morgan fingerprint density at radius 2 is 2.06 bits per heavy atom. The largest absolute Gasteiger partial charge is 0.395 e. The monoisotopic (exact) mass is 238 g/mol. The van der Waals surface area contributed by atoms with E-state index in [0.29, 0.717) is 12.0 Å². The lowest BCUT2D eigenvalue weighted by atomic mass is 9.75. The van der Waals surface area contributed by atoms with Gasteiger partial charge in [-0.15, -0.1) is 0 Å². The third-order valence-corrected chi connectivity index (χ3v) is 4.30. The molecular formula is C15H24O2. The number of allylic oxidation sites excluding steroid dienone is 2. The Bertz CT molecular complexity index is 449. The van der Waals surface area contributed by atoms with Gasteiger partial charge in [-0.25, -0.2) is 0 Å². The van der Waals surface area contributed by atoms with Crippen LogP contribution in [0.5, 0.6) is 0 Å². The van der Waals surface area contributed by atoms with E-state index in [4.69, 9.17) is 2.74 Å². The molecule has 2 rings (SSSR count). The van der Waals surface area contributed by atoms with Crippen molar-refractivity contribution < 1.29 is 13.0 Å². The molecule has 4 unspecified atom stereocenters. The lowest BCUT2D eigenvalue weighted by molar-refractivity contribution is 0.157. The van der Waals surface area contributed by atoms with Crippen molar-refractivity contribution in [3.8, 4) is 0 Å². The van der Waals surface area contributed by atoms with Crippen LogP contribution in [0.1, 0.15) is 43.3 Å². The lowest BCUT2D eigenvalue weighted by Crippen LogP contribution is -2.24. The number of rotatable bonds is 2. The molecule has 2 nitrogen and oxygen atoms in total. The van der Waals surface area contributed by atoms with Gasteiger partial charge in [0.15, 0.2) is 0 Å². The molecule has 1 fully saturated rings. The molecule has 96 valence electrons. The maximum absolute atomic E-state index is 9.93. The topological polar surface area (TPSA) is 40.5 Å². The summed E-state index contributed by atoms with van der Waals surface area (Å²) in [7, 11) is 0. The van der Waals surface area contributed by atoms with Gasteiger partial charge in [-0.3, -0.25) is 0 Å². The van der Waals surface area contributed by atoms with Crippen LogP contribution in [0.4, 0.5) is 0 Å². The molecule has 0 spiro atoms. The van der Waals surface area contributed by atoms with Gasteiger partial charge >= 0.3 is 0 Å². The van der Waals surface area contributed by atoms with E-state index < -0.39 is 18.6 Å². The van der Waals surface area contributed by atoms with Crippen LogP contribution in [0.25, 0.3) is 0 Å². The Morgan fingerprint density at radius 3 is 2.59 bits per heavy atom. The average molecular weight is 238 g/mol. The first kappa shape index (κ1) is 10.3. The fraction of sp³-hybridized carbons (Fsp3) is 0.733. The Labute approximate surface area is 107 Å². The van der Waals surface area contributed by atoms with E-state index >= 15 is 0 Å². The summed E-state index contributed by atoms with van der Waals surface area (Å²) >= 11 is 0. The van der Waals surface area contributed by atoms with Crippen LogP contribution in [0, 0.1) is 16.7 Å². The summed E-state index contributed by atoms with van der Waals surface area (Å²) in [5, 5.41) is 19.7. The van der Waals surface area contributed by atoms with Crippen molar-refractivity contribution in [2.45, 2.75) is 40.5 Å². The highest BCUT2D eigenvalue weighted by atomic mass is 16.3. The number of hydrogen-bond acceptors (Lipinski definition) is 2. The first-order valence-electron chi connectivity index (χ1n) is 7.43. The minimum Gasteiger partial charge on any atom is -0.395 e. The van der Waals surface area contributed by atoms with Crippen molar-refractivity contribution in [1.82, 2.24) is 0 Å². The summed E-state index contributed by atoms with van der Waals surface area (Å²) in [6.45, 7) is 5.60. The predicted octanol–water partition coefficient (Wildman–Crippen LogP) is 2.67. The molecule has 0 radical (unpaired) electrons. The van der Waals surface area contributed by atoms with E-state index in [2.05, 4.69) is 19.9 Å². The normalized spacial score (nSPS) is 41.3. The van der Waals surface area contributed by atoms with E-state index in [0.717, 1.165) is 17.6 Å². The molecule has 2 aliphatic carbocycles. The molecule has 2 heteroatoms. The minimum atomic E-state index is -1.26. The number of aliphatic hydroxyl groups excluding tert-OH is 2. The van der Waals surface area contributed by atoms with Gasteiger partial charge in [0.1, 0.15) is 0 Å². The molecule has 2 N–H and O–H groups in total. The molecule has 0 aromatic carbocycles. The van der Waals surface area contributed by atoms with Crippen molar-refractivity contribution >= 4 is 0 Å². The third-order valence-electron chi connectivity index (χ3n) is 4.30. The predicted molar refractivity (Wildman–Crippen MR) is 69.6 cm³/mol. The quantitative estimate of drug-likeness (QED) is 0.776. The fourth-order valence-corrected chi connectivity index (χ4v) is 3.58. The van der Waals surface area contributed by atoms with Crippen LogP contribution in [0.2, 0.25) is 0 Å². The molecular weight excluding hydrogens is 212 g/mol.